The lowest BCUT2D eigenvalue weighted by atomic mass is 10.0. The number of alkyl halides is 3. The van der Waals surface area contributed by atoms with Crippen molar-refractivity contribution in [2.24, 2.45) is 0 Å². The molecule has 1 aliphatic heterocycles. The molecular weight excluding hydrogens is 429 g/mol. The van der Waals surface area contributed by atoms with Crippen LogP contribution in [-0.4, -0.2) is 11.8 Å². The summed E-state index contributed by atoms with van der Waals surface area (Å²) in [6, 6.07) is 16.8. The third kappa shape index (κ3) is 4.26. The van der Waals surface area contributed by atoms with E-state index >= 15 is 0 Å². The molecule has 3 aromatic rings. The Kier molecular flexibility index (Phi) is 5.57. The third-order valence-electron chi connectivity index (χ3n) is 5.63. The lowest BCUT2D eigenvalue weighted by Crippen LogP contribution is -2.32. The number of hydrogen-bond acceptors (Lipinski definition) is 3. The SMILES string of the molecule is Cc1ccc(C2=C(Nc3cccc(C(F)(F)F)c3)C(=O)N(c3ccc(C)c(C)c3)C2=O)cc1. The normalized spacial score (nSPS) is 14.3. The van der Waals surface area contributed by atoms with Gasteiger partial charge in [0.1, 0.15) is 5.70 Å². The van der Waals surface area contributed by atoms with Crippen LogP contribution in [0.5, 0.6) is 0 Å². The Hall–Kier alpha value is -3.87. The van der Waals surface area contributed by atoms with E-state index in [-0.39, 0.29) is 17.0 Å². The molecular formula is C26H21F3N2O2. The second kappa shape index (κ2) is 8.24. The van der Waals surface area contributed by atoms with E-state index in [0.717, 1.165) is 33.7 Å². The van der Waals surface area contributed by atoms with Gasteiger partial charge in [0.2, 0.25) is 0 Å². The average Bonchev–Trinajstić information content (AvgIpc) is 3.00. The highest BCUT2D eigenvalue weighted by molar-refractivity contribution is 6.46. The zero-order valence-electron chi connectivity index (χ0n) is 18.2. The molecule has 0 unspecified atom stereocenters. The minimum absolute atomic E-state index is 0.0625. The monoisotopic (exact) mass is 450 g/mol. The van der Waals surface area contributed by atoms with Crippen molar-refractivity contribution < 1.29 is 22.8 Å². The van der Waals surface area contributed by atoms with Crippen LogP contribution in [0.15, 0.2) is 72.4 Å². The predicted octanol–water partition coefficient (Wildman–Crippen LogP) is 6.03. The first-order valence-corrected chi connectivity index (χ1v) is 10.3. The van der Waals surface area contributed by atoms with Gasteiger partial charge >= 0.3 is 6.18 Å². The van der Waals surface area contributed by atoms with Crippen LogP contribution < -0.4 is 10.2 Å². The summed E-state index contributed by atoms with van der Waals surface area (Å²) in [6.07, 6.45) is -4.53. The number of carbonyl (C=O) groups excluding carboxylic acids is 2. The van der Waals surface area contributed by atoms with Crippen LogP contribution in [0, 0.1) is 20.8 Å². The summed E-state index contributed by atoms with van der Waals surface area (Å²) < 4.78 is 39.6. The number of nitrogens with one attached hydrogen (secondary N) is 1. The van der Waals surface area contributed by atoms with E-state index in [9.17, 15) is 22.8 Å². The van der Waals surface area contributed by atoms with Crippen molar-refractivity contribution in [1.29, 1.82) is 0 Å². The Morgan fingerprint density at radius 1 is 0.788 bits per heavy atom. The van der Waals surface area contributed by atoms with Crippen LogP contribution in [0.3, 0.4) is 0 Å². The Balaban J connectivity index is 1.82. The van der Waals surface area contributed by atoms with Gasteiger partial charge in [-0.2, -0.15) is 13.2 Å². The summed E-state index contributed by atoms with van der Waals surface area (Å²) in [5.41, 5.74) is 3.03. The lowest BCUT2D eigenvalue weighted by Gasteiger charge is -2.17. The van der Waals surface area contributed by atoms with Crippen molar-refractivity contribution in [2.75, 3.05) is 10.2 Å². The van der Waals surface area contributed by atoms with Gasteiger partial charge in [-0.1, -0.05) is 42.0 Å². The molecule has 0 saturated carbocycles. The van der Waals surface area contributed by atoms with Crippen molar-refractivity contribution in [3.8, 4) is 0 Å². The highest BCUT2D eigenvalue weighted by Gasteiger charge is 2.40. The van der Waals surface area contributed by atoms with Gasteiger partial charge in [0.05, 0.1) is 16.8 Å². The number of amides is 2. The smallest absolute Gasteiger partial charge is 0.350 e. The summed E-state index contributed by atoms with van der Waals surface area (Å²) in [4.78, 5) is 27.9. The Bertz CT molecular complexity index is 1290. The average molecular weight is 450 g/mol. The summed E-state index contributed by atoms with van der Waals surface area (Å²) in [5.74, 6) is -1.17. The van der Waals surface area contributed by atoms with E-state index in [1.165, 1.54) is 12.1 Å². The minimum Gasteiger partial charge on any atom is -0.350 e. The van der Waals surface area contributed by atoms with Gasteiger partial charge in [0.15, 0.2) is 0 Å². The molecule has 0 atom stereocenters. The van der Waals surface area contributed by atoms with Gasteiger partial charge < -0.3 is 5.32 Å². The molecule has 0 spiro atoms. The second-order valence-corrected chi connectivity index (χ2v) is 8.03. The maximum absolute atomic E-state index is 13.5. The standard InChI is InChI=1S/C26H21F3N2O2/c1-15-7-10-18(11-8-15)22-23(30-20-6-4-5-19(14-20)26(27,28)29)25(33)31(24(22)32)21-12-9-16(2)17(3)13-21/h4-14,30H,1-3H3. The van der Waals surface area contributed by atoms with Gasteiger partial charge in [0, 0.05) is 5.69 Å². The number of aryl methyl sites for hydroxylation is 3. The van der Waals surface area contributed by atoms with E-state index in [0.29, 0.717) is 11.3 Å². The quantitative estimate of drug-likeness (QED) is 0.494. The number of nitrogens with zero attached hydrogens (tertiary/aromatic N) is 1. The fraction of sp³-hybridized carbons (Fsp3) is 0.154. The third-order valence-corrected chi connectivity index (χ3v) is 5.63. The number of imide groups is 1. The van der Waals surface area contributed by atoms with Crippen LogP contribution in [0.25, 0.3) is 5.57 Å². The van der Waals surface area contributed by atoms with Gasteiger partial charge in [-0.05, 0) is 67.8 Å². The predicted molar refractivity (Wildman–Crippen MR) is 122 cm³/mol. The van der Waals surface area contributed by atoms with E-state index in [4.69, 9.17) is 0 Å². The number of halogens is 3. The molecule has 1 aliphatic rings. The van der Waals surface area contributed by atoms with Gasteiger partial charge in [-0.15, -0.1) is 0 Å². The summed E-state index contributed by atoms with van der Waals surface area (Å²) >= 11 is 0. The number of carbonyl (C=O) groups is 2. The second-order valence-electron chi connectivity index (χ2n) is 8.03. The summed E-state index contributed by atoms with van der Waals surface area (Å²) in [5, 5.41) is 2.79. The largest absolute Gasteiger partial charge is 0.416 e. The topological polar surface area (TPSA) is 49.4 Å². The van der Waals surface area contributed by atoms with Crippen molar-refractivity contribution in [3.63, 3.8) is 0 Å². The van der Waals surface area contributed by atoms with Crippen LogP contribution in [0.1, 0.15) is 27.8 Å². The van der Waals surface area contributed by atoms with E-state index < -0.39 is 23.6 Å². The molecule has 2 amide bonds. The molecule has 0 bridgehead atoms. The highest BCUT2D eigenvalue weighted by atomic mass is 19.4. The molecule has 4 rings (SSSR count). The number of rotatable bonds is 4. The molecule has 33 heavy (non-hydrogen) atoms. The molecule has 0 saturated heterocycles. The van der Waals surface area contributed by atoms with Gasteiger partial charge in [-0.25, -0.2) is 4.90 Å². The van der Waals surface area contributed by atoms with E-state index in [1.54, 1.807) is 36.4 Å². The first-order valence-electron chi connectivity index (χ1n) is 10.3. The fourth-order valence-electron chi connectivity index (χ4n) is 3.65. The Labute approximate surface area is 189 Å². The zero-order chi connectivity index (χ0) is 23.9. The molecule has 168 valence electrons. The van der Waals surface area contributed by atoms with Crippen LogP contribution in [0.4, 0.5) is 24.5 Å². The van der Waals surface area contributed by atoms with E-state index in [2.05, 4.69) is 5.32 Å². The van der Waals surface area contributed by atoms with Gasteiger partial charge in [-0.3, -0.25) is 9.59 Å². The molecule has 1 N–H and O–H groups in total. The van der Waals surface area contributed by atoms with Crippen molar-refractivity contribution in [1.82, 2.24) is 0 Å². The van der Waals surface area contributed by atoms with Crippen molar-refractivity contribution in [3.05, 3.63) is 100 Å². The lowest BCUT2D eigenvalue weighted by molar-refractivity contribution is -0.137. The summed E-state index contributed by atoms with van der Waals surface area (Å²) in [7, 11) is 0. The van der Waals surface area contributed by atoms with Crippen LogP contribution in [-0.2, 0) is 15.8 Å². The maximum atomic E-state index is 13.5. The van der Waals surface area contributed by atoms with Crippen LogP contribution in [0.2, 0.25) is 0 Å². The number of hydrogen-bond donors (Lipinski definition) is 1. The molecule has 7 heteroatoms. The first-order chi connectivity index (χ1) is 15.6. The van der Waals surface area contributed by atoms with Crippen molar-refractivity contribution >= 4 is 28.8 Å². The van der Waals surface area contributed by atoms with E-state index in [1.807, 2.05) is 26.8 Å². The molecule has 0 radical (unpaired) electrons. The molecule has 0 aliphatic carbocycles. The fourth-order valence-corrected chi connectivity index (χ4v) is 3.65. The molecule has 0 fully saturated rings. The number of benzene rings is 3. The minimum atomic E-state index is -4.53. The zero-order valence-corrected chi connectivity index (χ0v) is 18.2. The highest BCUT2D eigenvalue weighted by Crippen LogP contribution is 2.36. The number of anilines is 2. The van der Waals surface area contributed by atoms with Gasteiger partial charge in [0.25, 0.3) is 11.8 Å². The van der Waals surface area contributed by atoms with Crippen molar-refractivity contribution in [2.45, 2.75) is 26.9 Å². The first kappa shape index (κ1) is 22.3. The molecule has 3 aromatic carbocycles. The molecule has 1 heterocycles. The Morgan fingerprint density at radius 2 is 1.48 bits per heavy atom. The maximum Gasteiger partial charge on any atom is 0.416 e. The molecule has 4 nitrogen and oxygen atoms in total. The molecule has 0 aromatic heterocycles. The Morgan fingerprint density at radius 3 is 2.12 bits per heavy atom. The summed E-state index contributed by atoms with van der Waals surface area (Å²) in [6.45, 7) is 5.69. The van der Waals surface area contributed by atoms with Crippen LogP contribution >= 0.6 is 0 Å².